The predicted octanol–water partition coefficient (Wildman–Crippen LogP) is 7.06. The Kier molecular flexibility index (Phi) is 7.64. The van der Waals surface area contributed by atoms with Gasteiger partial charge in [-0.2, -0.15) is 13.2 Å². The number of alkyl halides is 3. The third-order valence-electron chi connectivity index (χ3n) is 6.26. The minimum absolute atomic E-state index is 0.833. The molecule has 0 amide bonds. The highest BCUT2D eigenvalue weighted by atomic mass is 79.9. The lowest BCUT2D eigenvalue weighted by molar-refractivity contribution is -0.494. The molecular formula is C29H21BrF3N3O4S. The minimum atomic E-state index is -6.09. The van der Waals surface area contributed by atoms with Crippen LogP contribution >= 0.6 is 15.9 Å². The minimum Gasteiger partial charge on any atom is -0.741 e. The van der Waals surface area contributed by atoms with E-state index in [2.05, 4.69) is 109 Å². The second-order valence-corrected chi connectivity index (χ2v) is 11.1. The summed E-state index contributed by atoms with van der Waals surface area (Å²) in [6.07, 6.45) is 2.11. The van der Waals surface area contributed by atoms with E-state index in [1.807, 2.05) is 24.3 Å². The van der Waals surface area contributed by atoms with Crippen LogP contribution in [0.1, 0.15) is 0 Å². The number of rotatable bonds is 4. The molecule has 7 nitrogen and oxygen atoms in total. The molecule has 0 atom stereocenters. The van der Waals surface area contributed by atoms with Crippen molar-refractivity contribution in [3.63, 3.8) is 0 Å². The molecule has 0 radical (unpaired) electrons. The number of benzene rings is 3. The van der Waals surface area contributed by atoms with E-state index in [-0.39, 0.29) is 0 Å². The zero-order chi connectivity index (χ0) is 29.4. The average Bonchev–Trinajstić information content (AvgIpc) is 3.26. The van der Waals surface area contributed by atoms with Gasteiger partial charge in [-0.25, -0.2) is 17.2 Å². The Morgan fingerprint density at radius 1 is 0.927 bits per heavy atom. The lowest BCUT2D eigenvalue weighted by atomic mass is 10.1. The maximum absolute atomic E-state index is 10.7. The molecule has 3 aromatic carbocycles. The molecule has 0 aliphatic carbocycles. The standard InChI is InChI=1S/C28H21BrN3O.CHF3O3S/c1-33-23-14-12-22(13-15-23)30-28-27-24-10-6-5-9-20(24)17-25(19-7-3-2-4-8-19)32(27)26-16-11-21(29)18-31(26)28;2-1(3,4)8(5,6)7/h2-18,30H,1H3;(H,5,6,7)/q+1;/p-1. The number of aromatic nitrogens is 2. The lowest BCUT2D eigenvalue weighted by Crippen LogP contribution is -2.22. The van der Waals surface area contributed by atoms with Gasteiger partial charge < -0.3 is 9.29 Å². The number of ether oxygens (including phenoxy) is 1. The number of nitrogens with zero attached hydrogens (tertiary/aromatic N) is 2. The van der Waals surface area contributed by atoms with Gasteiger partial charge in [-0.15, -0.1) is 0 Å². The van der Waals surface area contributed by atoms with Crippen LogP contribution in [0.5, 0.6) is 5.75 Å². The Bertz CT molecular complexity index is 1980. The lowest BCUT2D eigenvalue weighted by Gasteiger charge is -2.08. The monoisotopic (exact) mass is 643 g/mol. The summed E-state index contributed by atoms with van der Waals surface area (Å²) in [7, 11) is -4.41. The molecule has 0 unspecified atom stereocenters. The van der Waals surface area contributed by atoms with Gasteiger partial charge in [0.2, 0.25) is 5.65 Å². The Labute approximate surface area is 241 Å². The van der Waals surface area contributed by atoms with Crippen LogP contribution in [0, 0.1) is 0 Å². The van der Waals surface area contributed by atoms with Crippen molar-refractivity contribution in [1.82, 2.24) is 4.40 Å². The molecule has 0 bridgehead atoms. The van der Waals surface area contributed by atoms with Crippen LogP contribution in [0.3, 0.4) is 0 Å². The van der Waals surface area contributed by atoms with Gasteiger partial charge in [-0.3, -0.25) is 5.32 Å². The smallest absolute Gasteiger partial charge is 0.485 e. The number of nitrogens with one attached hydrogen (secondary N) is 1. The zero-order valence-electron chi connectivity index (χ0n) is 21.3. The summed E-state index contributed by atoms with van der Waals surface area (Å²) in [5.74, 6) is 1.84. The number of hydrogen-bond acceptors (Lipinski definition) is 5. The second-order valence-electron chi connectivity index (χ2n) is 8.84. The summed E-state index contributed by atoms with van der Waals surface area (Å²) in [6.45, 7) is 0. The average molecular weight is 644 g/mol. The number of anilines is 2. The number of hydrogen-bond donors (Lipinski definition) is 1. The Morgan fingerprint density at radius 2 is 1.56 bits per heavy atom. The normalized spacial score (nSPS) is 11.9. The molecule has 41 heavy (non-hydrogen) atoms. The van der Waals surface area contributed by atoms with Crippen molar-refractivity contribution in [1.29, 1.82) is 0 Å². The van der Waals surface area contributed by atoms with Gasteiger partial charge in [-0.1, -0.05) is 54.6 Å². The van der Waals surface area contributed by atoms with Crippen molar-refractivity contribution in [2.75, 3.05) is 12.4 Å². The topological polar surface area (TPSA) is 87.0 Å². The van der Waals surface area contributed by atoms with Crippen LogP contribution in [-0.2, 0) is 10.1 Å². The molecule has 0 fully saturated rings. The van der Waals surface area contributed by atoms with Crippen LogP contribution in [0.25, 0.3) is 33.2 Å². The van der Waals surface area contributed by atoms with Crippen LogP contribution < -0.4 is 14.5 Å². The van der Waals surface area contributed by atoms with E-state index >= 15 is 0 Å². The maximum atomic E-state index is 10.7. The largest absolute Gasteiger partial charge is 0.741 e. The first-order valence-corrected chi connectivity index (χ1v) is 14.2. The van der Waals surface area contributed by atoms with E-state index in [4.69, 9.17) is 17.7 Å². The van der Waals surface area contributed by atoms with E-state index in [0.717, 1.165) is 38.6 Å². The first-order valence-electron chi connectivity index (χ1n) is 12.0. The van der Waals surface area contributed by atoms with Gasteiger partial charge in [0.1, 0.15) is 11.4 Å². The van der Waals surface area contributed by atoms with Gasteiger partial charge >= 0.3 is 5.51 Å². The van der Waals surface area contributed by atoms with Gasteiger partial charge in [-0.05, 0) is 57.7 Å². The number of pyridine rings is 2. The highest BCUT2D eigenvalue weighted by Crippen LogP contribution is 2.35. The second kappa shape index (κ2) is 11.0. The molecule has 1 N–H and O–H groups in total. The fourth-order valence-electron chi connectivity index (χ4n) is 4.46. The highest BCUT2D eigenvalue weighted by molar-refractivity contribution is 9.10. The Hall–Kier alpha value is -4.13. The van der Waals surface area contributed by atoms with E-state index < -0.39 is 15.6 Å². The summed E-state index contributed by atoms with van der Waals surface area (Å²) in [5, 5.41) is 6.07. The highest BCUT2D eigenvalue weighted by Gasteiger charge is 2.37. The van der Waals surface area contributed by atoms with Crippen LogP contribution in [0.4, 0.5) is 24.7 Å². The van der Waals surface area contributed by atoms with Gasteiger partial charge in [0, 0.05) is 21.5 Å². The van der Waals surface area contributed by atoms with E-state index in [9.17, 15) is 13.2 Å². The molecule has 6 aromatic rings. The van der Waals surface area contributed by atoms with Crippen molar-refractivity contribution >= 4 is 59.5 Å². The quantitative estimate of drug-likeness (QED) is 0.126. The van der Waals surface area contributed by atoms with Crippen LogP contribution in [-0.4, -0.2) is 30.0 Å². The summed E-state index contributed by atoms with van der Waals surface area (Å²) in [6, 6.07) is 33.6. The maximum Gasteiger partial charge on any atom is 0.485 e. The van der Waals surface area contributed by atoms with Crippen molar-refractivity contribution in [2.24, 2.45) is 0 Å². The van der Waals surface area contributed by atoms with Crippen molar-refractivity contribution in [3.8, 4) is 17.0 Å². The third-order valence-corrected chi connectivity index (χ3v) is 7.30. The molecule has 0 aliphatic heterocycles. The fourth-order valence-corrected chi connectivity index (χ4v) is 4.79. The van der Waals surface area contributed by atoms with Gasteiger partial charge in [0.15, 0.2) is 15.6 Å². The van der Waals surface area contributed by atoms with E-state index in [0.29, 0.717) is 0 Å². The van der Waals surface area contributed by atoms with Crippen LogP contribution in [0.15, 0.2) is 108 Å². The fraction of sp³-hybridized carbons (Fsp3) is 0.0690. The predicted molar refractivity (Wildman–Crippen MR) is 153 cm³/mol. The van der Waals surface area contributed by atoms with Gasteiger partial charge in [0.25, 0.3) is 5.82 Å². The molecule has 3 heterocycles. The molecular weight excluding hydrogens is 623 g/mol. The Morgan fingerprint density at radius 3 is 2.20 bits per heavy atom. The summed E-state index contributed by atoms with van der Waals surface area (Å²) in [5.41, 5.74) is -0.134. The number of methoxy groups -OCH3 is 1. The zero-order valence-corrected chi connectivity index (χ0v) is 23.7. The summed E-state index contributed by atoms with van der Waals surface area (Å²) in [4.78, 5) is 0. The first-order chi connectivity index (χ1) is 19.5. The van der Waals surface area contributed by atoms with Crippen molar-refractivity contribution in [3.05, 3.63) is 108 Å². The molecule has 0 saturated heterocycles. The molecule has 210 valence electrons. The van der Waals surface area contributed by atoms with E-state index in [1.54, 1.807) is 7.11 Å². The third kappa shape index (κ3) is 5.71. The van der Waals surface area contributed by atoms with Gasteiger partial charge in [0.05, 0.1) is 19.0 Å². The molecule has 6 rings (SSSR count). The van der Waals surface area contributed by atoms with Crippen molar-refractivity contribution in [2.45, 2.75) is 5.51 Å². The van der Waals surface area contributed by atoms with E-state index in [1.165, 1.54) is 16.3 Å². The molecule has 0 spiro atoms. The molecule has 12 heteroatoms. The Balaban J connectivity index is 0.000000372. The SMILES string of the molecule is COc1ccc(Nc2c3c4ccccc4cc(-c4ccccc4)n3c3ccc(Br)c[n+]23)cc1.O=S(=O)([O-])C(F)(F)F. The molecule has 0 aliphatic rings. The summed E-state index contributed by atoms with van der Waals surface area (Å²) < 4.78 is 69.8. The first kappa shape index (κ1) is 28.4. The number of fused-ring (bicyclic) bond motifs is 5. The number of halogens is 4. The summed E-state index contributed by atoms with van der Waals surface area (Å²) >= 11 is 3.67. The van der Waals surface area contributed by atoms with Crippen LogP contribution in [0.2, 0.25) is 0 Å². The molecule has 3 aromatic heterocycles. The number of imidazole rings is 1. The van der Waals surface area contributed by atoms with Crippen molar-refractivity contribution < 1.29 is 35.3 Å². The molecule has 0 saturated carbocycles.